The number of hydrazine groups is 1. The molecule has 1 aromatic heterocycles. The van der Waals surface area contributed by atoms with Gasteiger partial charge in [0.25, 0.3) is 0 Å². The zero-order valence-electron chi connectivity index (χ0n) is 8.11. The maximum Gasteiger partial charge on any atom is 0.304 e. The lowest BCUT2D eigenvalue weighted by Gasteiger charge is -1.98. The van der Waals surface area contributed by atoms with E-state index >= 15 is 0 Å². The first kappa shape index (κ1) is 9.54. The highest BCUT2D eigenvalue weighted by molar-refractivity contribution is 6.01. The molecule has 1 aromatic carbocycles. The molecule has 78 valence electrons. The summed E-state index contributed by atoms with van der Waals surface area (Å²) in [5, 5.41) is 0.749. The number of hydrogen-bond acceptors (Lipinski definition) is 4. The number of hydrogen-bond donors (Lipinski definition) is 2. The summed E-state index contributed by atoms with van der Waals surface area (Å²) in [6.45, 7) is 0. The Balaban J connectivity index is 2.69. The Hall–Kier alpha value is -2.01. The molecule has 0 spiro atoms. The molecule has 0 fully saturated rings. The second-order valence-electron chi connectivity index (χ2n) is 2.93. The molecule has 1 heterocycles. The minimum atomic E-state index is -0.511. The molecule has 2 aromatic rings. The van der Waals surface area contributed by atoms with E-state index in [1.165, 1.54) is 7.11 Å². The van der Waals surface area contributed by atoms with Crippen LogP contribution in [0.5, 0.6) is 5.75 Å². The van der Waals surface area contributed by atoms with E-state index in [0.717, 1.165) is 5.39 Å². The topological polar surface area (TPSA) is 77.5 Å². The van der Waals surface area contributed by atoms with Crippen molar-refractivity contribution >= 4 is 16.9 Å². The number of rotatable bonds is 2. The van der Waals surface area contributed by atoms with Gasteiger partial charge in [0.2, 0.25) is 5.76 Å². The third-order valence-electron chi connectivity index (χ3n) is 2.09. The normalized spacial score (nSPS) is 10.3. The van der Waals surface area contributed by atoms with Crippen LogP contribution in [-0.2, 0) is 0 Å². The van der Waals surface area contributed by atoms with E-state index in [0.29, 0.717) is 11.3 Å². The van der Waals surface area contributed by atoms with Crippen LogP contribution in [0, 0.1) is 0 Å². The van der Waals surface area contributed by atoms with Crippen LogP contribution in [0.1, 0.15) is 10.6 Å². The highest BCUT2D eigenvalue weighted by Crippen LogP contribution is 2.32. The van der Waals surface area contributed by atoms with Crippen molar-refractivity contribution in [3.8, 4) is 5.75 Å². The predicted octanol–water partition coefficient (Wildman–Crippen LogP) is 1.04. The zero-order valence-corrected chi connectivity index (χ0v) is 8.11. The molecule has 0 saturated heterocycles. The van der Waals surface area contributed by atoms with Crippen LogP contribution in [0.3, 0.4) is 0 Å². The predicted molar refractivity (Wildman–Crippen MR) is 54.4 cm³/mol. The van der Waals surface area contributed by atoms with Crippen LogP contribution >= 0.6 is 0 Å². The van der Waals surface area contributed by atoms with Crippen molar-refractivity contribution in [2.75, 3.05) is 7.11 Å². The van der Waals surface area contributed by atoms with Crippen LogP contribution < -0.4 is 16.0 Å². The Labute approximate surface area is 85.8 Å². The summed E-state index contributed by atoms with van der Waals surface area (Å²) in [7, 11) is 1.48. The number of carbonyl (C=O) groups is 1. The lowest BCUT2D eigenvalue weighted by atomic mass is 10.2. The summed E-state index contributed by atoms with van der Waals surface area (Å²) in [6.07, 6.45) is 0. The van der Waals surface area contributed by atoms with E-state index in [4.69, 9.17) is 15.0 Å². The smallest absolute Gasteiger partial charge is 0.304 e. The minimum absolute atomic E-state index is 0.0844. The molecular formula is C10H10N2O3. The van der Waals surface area contributed by atoms with Crippen molar-refractivity contribution in [1.29, 1.82) is 0 Å². The van der Waals surface area contributed by atoms with Gasteiger partial charge in [0.05, 0.1) is 12.5 Å². The van der Waals surface area contributed by atoms with E-state index in [9.17, 15) is 4.79 Å². The van der Waals surface area contributed by atoms with E-state index < -0.39 is 5.91 Å². The van der Waals surface area contributed by atoms with Crippen LogP contribution in [0.25, 0.3) is 11.0 Å². The summed E-state index contributed by atoms with van der Waals surface area (Å²) < 4.78 is 10.4. The fourth-order valence-electron chi connectivity index (χ4n) is 1.44. The van der Waals surface area contributed by atoms with Gasteiger partial charge in [-0.15, -0.1) is 0 Å². The van der Waals surface area contributed by atoms with Gasteiger partial charge in [-0.1, -0.05) is 12.1 Å². The lowest BCUT2D eigenvalue weighted by Crippen LogP contribution is -2.29. The number of nitrogens with one attached hydrogen (secondary N) is 1. The first-order chi connectivity index (χ1) is 7.27. The van der Waals surface area contributed by atoms with E-state index in [1.807, 2.05) is 23.6 Å². The first-order valence-corrected chi connectivity index (χ1v) is 4.34. The molecule has 1 amide bonds. The molecule has 5 nitrogen and oxygen atoms in total. The van der Waals surface area contributed by atoms with Crippen molar-refractivity contribution in [2.24, 2.45) is 5.84 Å². The zero-order chi connectivity index (χ0) is 10.8. The van der Waals surface area contributed by atoms with Crippen LogP contribution in [0.2, 0.25) is 0 Å². The molecule has 0 aliphatic carbocycles. The molecule has 0 bridgehead atoms. The summed E-state index contributed by atoms with van der Waals surface area (Å²) in [5.74, 6) is 5.00. The second-order valence-corrected chi connectivity index (χ2v) is 2.93. The number of para-hydroxylation sites is 1. The van der Waals surface area contributed by atoms with Gasteiger partial charge in [-0.25, -0.2) is 5.84 Å². The maximum atomic E-state index is 11.4. The number of methoxy groups -OCH3 is 1. The van der Waals surface area contributed by atoms with E-state index in [2.05, 4.69) is 0 Å². The van der Waals surface area contributed by atoms with Gasteiger partial charge in [0.1, 0.15) is 5.58 Å². The Kier molecular flexibility index (Phi) is 2.31. The largest absolute Gasteiger partial charge is 0.492 e. The highest BCUT2D eigenvalue weighted by Gasteiger charge is 2.20. The molecule has 5 heteroatoms. The van der Waals surface area contributed by atoms with Gasteiger partial charge in [-0.05, 0) is 12.1 Å². The fraction of sp³-hybridized carbons (Fsp3) is 0.100. The molecular weight excluding hydrogens is 196 g/mol. The number of nitrogen functional groups attached to an aromatic ring is 1. The maximum absolute atomic E-state index is 11.4. The second kappa shape index (κ2) is 3.62. The molecule has 0 aliphatic rings. The van der Waals surface area contributed by atoms with E-state index in [1.54, 1.807) is 6.07 Å². The summed E-state index contributed by atoms with van der Waals surface area (Å²) >= 11 is 0. The Morgan fingerprint density at radius 1 is 1.47 bits per heavy atom. The van der Waals surface area contributed by atoms with Gasteiger partial charge < -0.3 is 9.15 Å². The minimum Gasteiger partial charge on any atom is -0.492 e. The van der Waals surface area contributed by atoms with Gasteiger partial charge in [-0.3, -0.25) is 10.2 Å². The molecule has 0 aliphatic heterocycles. The monoisotopic (exact) mass is 206 g/mol. The Morgan fingerprint density at radius 3 is 2.87 bits per heavy atom. The highest BCUT2D eigenvalue weighted by atomic mass is 16.5. The average molecular weight is 206 g/mol. The van der Waals surface area contributed by atoms with Crippen molar-refractivity contribution < 1.29 is 13.9 Å². The van der Waals surface area contributed by atoms with Gasteiger partial charge in [-0.2, -0.15) is 0 Å². The summed E-state index contributed by atoms with van der Waals surface area (Å²) in [6, 6.07) is 7.22. The Bertz CT molecular complexity index is 504. The molecule has 0 unspecified atom stereocenters. The summed E-state index contributed by atoms with van der Waals surface area (Å²) in [4.78, 5) is 11.4. The molecule has 0 saturated carbocycles. The molecule has 0 radical (unpaired) electrons. The van der Waals surface area contributed by atoms with Gasteiger partial charge >= 0.3 is 5.91 Å². The number of amides is 1. The quantitative estimate of drug-likeness (QED) is 0.437. The van der Waals surface area contributed by atoms with Crippen LogP contribution in [0.4, 0.5) is 0 Å². The van der Waals surface area contributed by atoms with E-state index in [-0.39, 0.29) is 5.76 Å². The number of carbonyl (C=O) groups excluding carboxylic acids is 1. The lowest BCUT2D eigenvalue weighted by molar-refractivity contribution is 0.0924. The number of benzene rings is 1. The molecule has 3 N–H and O–H groups in total. The van der Waals surface area contributed by atoms with Crippen LogP contribution in [0.15, 0.2) is 28.7 Å². The molecule has 0 atom stereocenters. The first-order valence-electron chi connectivity index (χ1n) is 4.34. The van der Waals surface area contributed by atoms with Gasteiger partial charge in [0, 0.05) is 0 Å². The van der Waals surface area contributed by atoms with Crippen molar-refractivity contribution in [3.63, 3.8) is 0 Å². The molecule has 2 rings (SSSR count). The third-order valence-corrected chi connectivity index (χ3v) is 2.09. The number of ether oxygens (including phenoxy) is 1. The van der Waals surface area contributed by atoms with Crippen molar-refractivity contribution in [1.82, 2.24) is 5.43 Å². The standard InChI is InChI=1S/C10H10N2O3/c1-14-8-6-4-2-3-5-7(6)15-9(8)10(13)12-11/h2-5H,11H2,1H3,(H,12,13). The Morgan fingerprint density at radius 2 is 2.20 bits per heavy atom. The van der Waals surface area contributed by atoms with Crippen LogP contribution in [-0.4, -0.2) is 13.0 Å². The summed E-state index contributed by atoms with van der Waals surface area (Å²) in [5.41, 5.74) is 2.59. The van der Waals surface area contributed by atoms with Crippen molar-refractivity contribution in [2.45, 2.75) is 0 Å². The average Bonchev–Trinajstić information content (AvgIpc) is 2.66. The number of nitrogens with two attached hydrogens (primary N) is 1. The SMILES string of the molecule is COc1c(C(=O)NN)oc2ccccc12. The van der Waals surface area contributed by atoms with Crippen molar-refractivity contribution in [3.05, 3.63) is 30.0 Å². The number of fused-ring (bicyclic) bond motifs is 1. The third kappa shape index (κ3) is 1.42. The van der Waals surface area contributed by atoms with Gasteiger partial charge in [0.15, 0.2) is 5.75 Å². The molecule has 15 heavy (non-hydrogen) atoms. The number of furan rings is 1. The fourth-order valence-corrected chi connectivity index (χ4v) is 1.44.